The van der Waals surface area contributed by atoms with Crippen molar-refractivity contribution in [1.29, 1.82) is 0 Å². The van der Waals surface area contributed by atoms with Crippen molar-refractivity contribution in [1.82, 2.24) is 19.6 Å². The van der Waals surface area contributed by atoms with Crippen LogP contribution in [0.15, 0.2) is 53.9 Å². The number of fused-ring (bicyclic) bond motifs is 1. The first-order valence-electron chi connectivity index (χ1n) is 9.70. The zero-order valence-corrected chi connectivity index (χ0v) is 17.6. The molecular weight excluding hydrogens is 425 g/mol. The topological polar surface area (TPSA) is 83.3 Å². The number of hydrogen-bond acceptors (Lipinski definition) is 5. The second-order valence-electron chi connectivity index (χ2n) is 7.21. The molecule has 0 saturated heterocycles. The Kier molecular flexibility index (Phi) is 7.31. The molecule has 3 aromatic rings. The molecule has 32 heavy (non-hydrogen) atoms. The van der Waals surface area contributed by atoms with Crippen LogP contribution in [0.25, 0.3) is 16.9 Å². The Morgan fingerprint density at radius 3 is 2.84 bits per heavy atom. The molecule has 2 N–H and O–H groups in total. The Balaban J connectivity index is 1.69. The first kappa shape index (κ1) is 23.1. The van der Waals surface area contributed by atoms with Gasteiger partial charge in [-0.05, 0) is 38.4 Å². The Bertz CT molecular complexity index is 1090. The van der Waals surface area contributed by atoms with Crippen molar-refractivity contribution in [3.63, 3.8) is 0 Å². The van der Waals surface area contributed by atoms with Gasteiger partial charge < -0.3 is 20.4 Å². The molecule has 0 bridgehead atoms. The van der Waals surface area contributed by atoms with E-state index in [2.05, 4.69) is 15.5 Å². The second-order valence-corrected chi connectivity index (χ2v) is 7.21. The van der Waals surface area contributed by atoms with E-state index in [4.69, 9.17) is 4.84 Å². The molecule has 1 aromatic carbocycles. The first-order chi connectivity index (χ1) is 15.2. The maximum atomic E-state index is 12.2. The number of oxime groups is 1. The number of nitrogens with one attached hydrogen (secondary N) is 2. The van der Waals surface area contributed by atoms with Crippen LogP contribution in [-0.2, 0) is 4.84 Å². The van der Waals surface area contributed by atoms with Gasteiger partial charge in [-0.25, -0.2) is 9.78 Å². The average Bonchev–Trinajstić information content (AvgIpc) is 3.15. The lowest BCUT2D eigenvalue weighted by molar-refractivity contribution is -0.122. The highest BCUT2D eigenvalue weighted by Crippen LogP contribution is 2.24. The smallest absolute Gasteiger partial charge is 0.394 e. The van der Waals surface area contributed by atoms with Crippen molar-refractivity contribution in [3.05, 3.63) is 54.4 Å². The molecule has 0 aliphatic carbocycles. The van der Waals surface area contributed by atoms with Crippen molar-refractivity contribution in [3.8, 4) is 11.3 Å². The number of imidazole rings is 1. The van der Waals surface area contributed by atoms with E-state index in [1.807, 2.05) is 47.8 Å². The largest absolute Gasteiger partial charge is 0.405 e. The van der Waals surface area contributed by atoms with Crippen LogP contribution < -0.4 is 10.6 Å². The highest BCUT2D eigenvalue weighted by molar-refractivity contribution is 5.90. The van der Waals surface area contributed by atoms with Gasteiger partial charge in [0.05, 0.1) is 18.1 Å². The summed E-state index contributed by atoms with van der Waals surface area (Å²) in [5, 5.41) is 8.12. The van der Waals surface area contributed by atoms with Crippen LogP contribution in [0.4, 0.5) is 23.7 Å². The molecule has 0 radical (unpaired) electrons. The normalized spacial score (nSPS) is 11.9. The molecule has 3 rings (SSSR count). The quantitative estimate of drug-likeness (QED) is 0.313. The fourth-order valence-electron chi connectivity index (χ4n) is 2.78. The van der Waals surface area contributed by atoms with E-state index in [0.29, 0.717) is 17.9 Å². The summed E-state index contributed by atoms with van der Waals surface area (Å²) in [6.07, 6.45) is 0.632. The van der Waals surface area contributed by atoms with Gasteiger partial charge in [0, 0.05) is 29.6 Å². The van der Waals surface area contributed by atoms with Gasteiger partial charge in [-0.15, -0.1) is 0 Å². The Labute approximate surface area is 182 Å². The van der Waals surface area contributed by atoms with E-state index in [1.165, 1.54) is 0 Å². The maximum absolute atomic E-state index is 12.2. The summed E-state index contributed by atoms with van der Waals surface area (Å²) in [5.41, 5.74) is 3.34. The fraction of sp³-hybridized carbons (Fsp3) is 0.286. The van der Waals surface area contributed by atoms with E-state index < -0.39 is 18.8 Å². The van der Waals surface area contributed by atoms with Gasteiger partial charge in [0.2, 0.25) is 0 Å². The number of hydrogen-bond donors (Lipinski definition) is 2. The Hall–Kier alpha value is -3.60. The van der Waals surface area contributed by atoms with Gasteiger partial charge in [0.15, 0.2) is 0 Å². The van der Waals surface area contributed by atoms with Gasteiger partial charge in [0.1, 0.15) is 18.8 Å². The van der Waals surface area contributed by atoms with Crippen LogP contribution in [0, 0.1) is 0 Å². The number of likely N-dealkylation sites (N-methyl/N-ethyl adjacent to an activating group) is 1. The van der Waals surface area contributed by atoms with Crippen LogP contribution in [0.3, 0.4) is 0 Å². The number of rotatable bonds is 8. The van der Waals surface area contributed by atoms with Crippen LogP contribution in [0.1, 0.15) is 5.56 Å². The maximum Gasteiger partial charge on any atom is 0.405 e. The number of halogens is 3. The molecule has 8 nitrogen and oxygen atoms in total. The molecule has 0 aliphatic rings. The number of urea groups is 1. The summed E-state index contributed by atoms with van der Waals surface area (Å²) in [7, 11) is 3.90. The van der Waals surface area contributed by atoms with Crippen molar-refractivity contribution < 1.29 is 22.8 Å². The van der Waals surface area contributed by atoms with Crippen molar-refractivity contribution >= 4 is 23.6 Å². The molecule has 170 valence electrons. The lowest BCUT2D eigenvalue weighted by Gasteiger charge is -2.10. The van der Waals surface area contributed by atoms with Gasteiger partial charge in [-0.1, -0.05) is 17.3 Å². The van der Waals surface area contributed by atoms with E-state index in [1.54, 1.807) is 35.9 Å². The van der Waals surface area contributed by atoms with E-state index in [9.17, 15) is 18.0 Å². The lowest BCUT2D eigenvalue weighted by atomic mass is 10.1. The monoisotopic (exact) mass is 448 g/mol. The molecule has 2 heterocycles. The number of alkyl halides is 3. The summed E-state index contributed by atoms with van der Waals surface area (Å²) < 4.78 is 38.6. The van der Waals surface area contributed by atoms with Crippen LogP contribution in [0.2, 0.25) is 0 Å². The number of pyridine rings is 1. The summed E-state index contributed by atoms with van der Waals surface area (Å²) in [6, 6.07) is 9.51. The summed E-state index contributed by atoms with van der Waals surface area (Å²) in [6.45, 7) is -0.159. The highest BCUT2D eigenvalue weighted by Gasteiger charge is 2.27. The summed E-state index contributed by atoms with van der Waals surface area (Å²) in [5.74, 6) is 0. The number of carbonyl (C=O) groups excluding carboxylic acids is 1. The minimum Gasteiger partial charge on any atom is -0.394 e. The van der Waals surface area contributed by atoms with Crippen molar-refractivity contribution in [2.75, 3.05) is 39.1 Å². The van der Waals surface area contributed by atoms with Crippen LogP contribution in [-0.4, -0.2) is 66.5 Å². The third-order valence-corrected chi connectivity index (χ3v) is 4.31. The predicted molar refractivity (Wildman–Crippen MR) is 116 cm³/mol. The number of anilines is 1. The molecule has 0 unspecified atom stereocenters. The zero-order chi connectivity index (χ0) is 23.1. The number of amides is 2. The number of aromatic nitrogens is 2. The first-order valence-corrected chi connectivity index (χ1v) is 9.70. The molecule has 0 atom stereocenters. The minimum absolute atomic E-state index is 0.357. The minimum atomic E-state index is -4.47. The van der Waals surface area contributed by atoms with Crippen LogP contribution in [0.5, 0.6) is 0 Å². The molecule has 0 saturated carbocycles. The fourth-order valence-corrected chi connectivity index (χ4v) is 2.78. The van der Waals surface area contributed by atoms with E-state index in [0.717, 1.165) is 23.4 Å². The third-order valence-electron chi connectivity index (χ3n) is 4.31. The standard InChI is InChI=1S/C21H23F3N6O2/c1-29(2)8-9-32-27-12-15-6-7-30-18(13-25-19(30)10-15)16-4-3-5-17(11-16)28-20(31)26-14-21(22,23)24/h3-7,10-13H,8-9,14H2,1-2H3,(H2,26,28,31)/b27-12+. The molecule has 0 fully saturated rings. The predicted octanol–water partition coefficient (Wildman–Crippen LogP) is 3.60. The molecule has 0 aliphatic heterocycles. The highest BCUT2D eigenvalue weighted by atomic mass is 19.4. The molecule has 0 spiro atoms. The lowest BCUT2D eigenvalue weighted by Crippen LogP contribution is -2.36. The Morgan fingerprint density at radius 1 is 1.28 bits per heavy atom. The van der Waals surface area contributed by atoms with Crippen LogP contribution >= 0.6 is 0 Å². The van der Waals surface area contributed by atoms with E-state index in [-0.39, 0.29) is 0 Å². The number of carbonyl (C=O) groups is 1. The van der Waals surface area contributed by atoms with Gasteiger partial charge in [-0.3, -0.25) is 4.40 Å². The number of benzene rings is 1. The Morgan fingerprint density at radius 2 is 2.09 bits per heavy atom. The average molecular weight is 448 g/mol. The van der Waals surface area contributed by atoms with Gasteiger partial charge in [-0.2, -0.15) is 13.2 Å². The summed E-state index contributed by atoms with van der Waals surface area (Å²) in [4.78, 5) is 23.3. The van der Waals surface area contributed by atoms with E-state index >= 15 is 0 Å². The summed E-state index contributed by atoms with van der Waals surface area (Å²) >= 11 is 0. The van der Waals surface area contributed by atoms with Crippen molar-refractivity contribution in [2.24, 2.45) is 5.16 Å². The van der Waals surface area contributed by atoms with Crippen molar-refractivity contribution in [2.45, 2.75) is 6.18 Å². The third kappa shape index (κ3) is 6.71. The van der Waals surface area contributed by atoms with Gasteiger partial charge in [0.25, 0.3) is 0 Å². The van der Waals surface area contributed by atoms with Gasteiger partial charge >= 0.3 is 12.2 Å². The zero-order valence-electron chi connectivity index (χ0n) is 17.6. The second kappa shape index (κ2) is 10.1. The number of nitrogens with zero attached hydrogens (tertiary/aromatic N) is 4. The molecule has 2 amide bonds. The molecule has 2 aromatic heterocycles. The molecule has 11 heteroatoms. The SMILES string of the molecule is CN(C)CCO/N=C/c1ccn2c(-c3cccc(NC(=O)NCC(F)(F)F)c3)cnc2c1. The molecular formula is C21H23F3N6O2.